The summed E-state index contributed by atoms with van der Waals surface area (Å²) in [6, 6.07) is 0.465. The molecule has 0 spiro atoms. The van der Waals surface area contributed by atoms with Crippen LogP contribution in [0.1, 0.15) is 22.9 Å². The highest BCUT2D eigenvalue weighted by molar-refractivity contribution is 7.11. The van der Waals surface area contributed by atoms with Gasteiger partial charge < -0.3 is 5.11 Å². The Morgan fingerprint density at radius 2 is 2.14 bits per heavy atom. The molecule has 1 heterocycles. The molecule has 0 radical (unpaired) electrons. The van der Waals surface area contributed by atoms with Crippen molar-refractivity contribution in [1.82, 2.24) is 15.0 Å². The maximum absolute atomic E-state index is 8.82. The standard InChI is InChI=1S/C8H12ClN3OS/c9-10-6-1-5(2-6)3-7-11-12-8(4-13)14-7/h5-6,10,13H,1-4H2. The van der Waals surface area contributed by atoms with E-state index in [-0.39, 0.29) is 6.61 Å². The fourth-order valence-corrected chi connectivity index (χ4v) is 2.67. The van der Waals surface area contributed by atoms with Gasteiger partial charge >= 0.3 is 0 Å². The van der Waals surface area contributed by atoms with Crippen LogP contribution in [0.15, 0.2) is 0 Å². The van der Waals surface area contributed by atoms with E-state index in [4.69, 9.17) is 16.9 Å². The van der Waals surface area contributed by atoms with Gasteiger partial charge in [0.15, 0.2) is 0 Å². The minimum atomic E-state index is -0.00576. The molecule has 14 heavy (non-hydrogen) atoms. The molecule has 78 valence electrons. The number of aromatic nitrogens is 2. The fourth-order valence-electron chi connectivity index (χ4n) is 1.67. The lowest BCUT2D eigenvalue weighted by Gasteiger charge is -2.33. The number of hydrogen-bond acceptors (Lipinski definition) is 5. The number of nitrogens with one attached hydrogen (secondary N) is 1. The number of nitrogens with zero attached hydrogens (tertiary/aromatic N) is 2. The van der Waals surface area contributed by atoms with Gasteiger partial charge in [-0.2, -0.15) is 0 Å². The minimum Gasteiger partial charge on any atom is -0.389 e. The molecule has 1 aromatic rings. The topological polar surface area (TPSA) is 58.0 Å². The van der Waals surface area contributed by atoms with Crippen LogP contribution in [0.4, 0.5) is 0 Å². The predicted octanol–water partition coefficient (Wildman–Crippen LogP) is 1.09. The molecule has 1 saturated carbocycles. The number of aliphatic hydroxyl groups is 1. The van der Waals surface area contributed by atoms with Gasteiger partial charge in [0.1, 0.15) is 10.0 Å². The molecule has 0 aromatic carbocycles. The van der Waals surface area contributed by atoms with Crippen LogP contribution in [0.2, 0.25) is 0 Å². The zero-order chi connectivity index (χ0) is 9.97. The molecule has 0 bridgehead atoms. The van der Waals surface area contributed by atoms with E-state index < -0.39 is 0 Å². The lowest BCUT2D eigenvalue weighted by atomic mass is 9.79. The molecule has 1 aromatic heterocycles. The normalized spacial score (nSPS) is 26.1. The fraction of sp³-hybridized carbons (Fsp3) is 0.750. The average Bonchev–Trinajstić information content (AvgIpc) is 2.58. The zero-order valence-electron chi connectivity index (χ0n) is 7.61. The molecule has 0 unspecified atom stereocenters. The van der Waals surface area contributed by atoms with E-state index in [0.29, 0.717) is 17.0 Å². The van der Waals surface area contributed by atoms with Gasteiger partial charge in [-0.3, -0.25) is 0 Å². The van der Waals surface area contributed by atoms with Crippen molar-refractivity contribution in [2.24, 2.45) is 5.92 Å². The third-order valence-electron chi connectivity index (χ3n) is 2.50. The Bertz CT molecular complexity index is 301. The first-order chi connectivity index (χ1) is 6.81. The Morgan fingerprint density at radius 1 is 1.43 bits per heavy atom. The van der Waals surface area contributed by atoms with Crippen molar-refractivity contribution in [3.8, 4) is 0 Å². The summed E-state index contributed by atoms with van der Waals surface area (Å²) in [7, 11) is 0. The Labute approximate surface area is 91.4 Å². The predicted molar refractivity (Wildman–Crippen MR) is 55.0 cm³/mol. The van der Waals surface area contributed by atoms with Crippen LogP contribution < -0.4 is 4.84 Å². The van der Waals surface area contributed by atoms with Crippen LogP contribution in [-0.4, -0.2) is 21.3 Å². The van der Waals surface area contributed by atoms with E-state index >= 15 is 0 Å². The van der Waals surface area contributed by atoms with Gasteiger partial charge in [-0.25, -0.2) is 4.84 Å². The average molecular weight is 234 g/mol. The summed E-state index contributed by atoms with van der Waals surface area (Å²) in [6.45, 7) is -0.00576. The van der Waals surface area contributed by atoms with E-state index in [1.54, 1.807) is 0 Å². The van der Waals surface area contributed by atoms with E-state index in [2.05, 4.69) is 15.0 Å². The number of aliphatic hydroxyl groups excluding tert-OH is 1. The Morgan fingerprint density at radius 3 is 2.71 bits per heavy atom. The van der Waals surface area contributed by atoms with Gasteiger partial charge in [-0.15, -0.1) is 10.2 Å². The van der Waals surface area contributed by atoms with Crippen LogP contribution in [0.25, 0.3) is 0 Å². The first kappa shape index (κ1) is 10.3. The molecule has 1 fully saturated rings. The highest BCUT2D eigenvalue weighted by Crippen LogP contribution is 2.31. The Hall–Kier alpha value is -0.230. The van der Waals surface area contributed by atoms with Gasteiger partial charge in [0, 0.05) is 12.5 Å². The molecule has 1 aliphatic carbocycles. The van der Waals surface area contributed by atoms with Crippen molar-refractivity contribution in [3.05, 3.63) is 10.0 Å². The van der Waals surface area contributed by atoms with Crippen molar-refractivity contribution in [2.75, 3.05) is 0 Å². The summed E-state index contributed by atoms with van der Waals surface area (Å²) in [5, 5.41) is 18.4. The summed E-state index contributed by atoms with van der Waals surface area (Å²) >= 11 is 6.98. The second-order valence-corrected chi connectivity index (χ2v) is 4.96. The van der Waals surface area contributed by atoms with E-state index in [1.165, 1.54) is 11.3 Å². The number of halogens is 1. The summed E-state index contributed by atoms with van der Waals surface area (Å²) in [5.74, 6) is 0.672. The van der Waals surface area contributed by atoms with Crippen LogP contribution >= 0.6 is 23.1 Å². The summed E-state index contributed by atoms with van der Waals surface area (Å²) in [6.07, 6.45) is 3.18. The molecule has 2 rings (SSSR count). The maximum Gasteiger partial charge on any atom is 0.143 e. The molecule has 2 N–H and O–H groups in total. The Kier molecular flexibility index (Phi) is 3.33. The third kappa shape index (κ3) is 2.23. The first-order valence-corrected chi connectivity index (χ1v) is 5.79. The van der Waals surface area contributed by atoms with Gasteiger partial charge in [0.25, 0.3) is 0 Å². The largest absolute Gasteiger partial charge is 0.389 e. The second kappa shape index (κ2) is 4.53. The SMILES string of the molecule is OCc1nnc(CC2CC(NCl)C2)s1. The van der Waals surface area contributed by atoms with Crippen molar-refractivity contribution in [1.29, 1.82) is 0 Å². The van der Waals surface area contributed by atoms with Gasteiger partial charge in [-0.1, -0.05) is 11.3 Å². The molecule has 6 heteroatoms. The quantitative estimate of drug-likeness (QED) is 0.765. The summed E-state index contributed by atoms with van der Waals surface area (Å²) < 4.78 is 0. The highest BCUT2D eigenvalue weighted by atomic mass is 35.5. The molecule has 0 atom stereocenters. The van der Waals surface area contributed by atoms with Gasteiger partial charge in [0.2, 0.25) is 0 Å². The van der Waals surface area contributed by atoms with E-state index in [0.717, 1.165) is 24.3 Å². The molecule has 0 aliphatic heterocycles. The smallest absolute Gasteiger partial charge is 0.143 e. The monoisotopic (exact) mass is 233 g/mol. The minimum absolute atomic E-state index is 0.00576. The van der Waals surface area contributed by atoms with Crippen molar-refractivity contribution < 1.29 is 5.11 Å². The molecule has 4 nitrogen and oxygen atoms in total. The van der Waals surface area contributed by atoms with E-state index in [1.807, 2.05) is 0 Å². The van der Waals surface area contributed by atoms with Crippen molar-refractivity contribution in [3.63, 3.8) is 0 Å². The van der Waals surface area contributed by atoms with Gasteiger partial charge in [0.05, 0.1) is 6.61 Å². The van der Waals surface area contributed by atoms with Crippen LogP contribution in [0, 0.1) is 5.92 Å². The highest BCUT2D eigenvalue weighted by Gasteiger charge is 2.29. The molecule has 0 saturated heterocycles. The summed E-state index contributed by atoms with van der Waals surface area (Å²) in [5.41, 5.74) is 0. The van der Waals surface area contributed by atoms with Gasteiger partial charge in [-0.05, 0) is 30.5 Å². The maximum atomic E-state index is 8.82. The molecular weight excluding hydrogens is 222 g/mol. The van der Waals surface area contributed by atoms with Crippen LogP contribution in [0.5, 0.6) is 0 Å². The van der Waals surface area contributed by atoms with Crippen LogP contribution in [0.3, 0.4) is 0 Å². The number of hydrogen-bond donors (Lipinski definition) is 2. The lowest BCUT2D eigenvalue weighted by Crippen LogP contribution is -2.37. The van der Waals surface area contributed by atoms with Crippen molar-refractivity contribution >= 4 is 23.1 Å². The molecular formula is C8H12ClN3OS. The Balaban J connectivity index is 1.81. The van der Waals surface area contributed by atoms with Crippen LogP contribution in [-0.2, 0) is 13.0 Å². The third-order valence-corrected chi connectivity index (χ3v) is 3.74. The zero-order valence-corrected chi connectivity index (χ0v) is 9.18. The molecule has 0 amide bonds. The lowest BCUT2D eigenvalue weighted by molar-refractivity contribution is 0.248. The molecule has 1 aliphatic rings. The second-order valence-electron chi connectivity index (χ2n) is 3.60. The summed E-state index contributed by atoms with van der Waals surface area (Å²) in [4.78, 5) is 2.73. The number of rotatable bonds is 4. The van der Waals surface area contributed by atoms with Crippen molar-refractivity contribution in [2.45, 2.75) is 31.9 Å². The van der Waals surface area contributed by atoms with E-state index in [9.17, 15) is 0 Å². The first-order valence-electron chi connectivity index (χ1n) is 4.60.